The van der Waals surface area contributed by atoms with Crippen LogP contribution in [-0.4, -0.2) is 145 Å². The van der Waals surface area contributed by atoms with Crippen LogP contribution in [0.25, 0.3) is 0 Å². The molecule has 1 amide bonds. The quantitative estimate of drug-likeness (QED) is 0.121. The van der Waals surface area contributed by atoms with Gasteiger partial charge in [-0.1, -0.05) is 132 Å². The van der Waals surface area contributed by atoms with Crippen molar-refractivity contribution in [1.29, 1.82) is 0 Å². The third-order valence-electron chi connectivity index (χ3n) is 19.1. The Hall–Kier alpha value is -5.99. The average Bonchev–Trinajstić information content (AvgIpc) is 1.14. The molecule has 1 unspecified atom stereocenters. The van der Waals surface area contributed by atoms with Gasteiger partial charge >= 0.3 is 17.9 Å². The van der Waals surface area contributed by atoms with Crippen molar-refractivity contribution in [3.63, 3.8) is 0 Å². The zero-order valence-electron chi connectivity index (χ0n) is 54.1. The Morgan fingerprint density at radius 1 is 0.787 bits per heavy atom. The number of ketones is 3. The van der Waals surface area contributed by atoms with Crippen LogP contribution in [0.15, 0.2) is 108 Å². The number of aliphatic hydroxyl groups excluding tert-OH is 1. The lowest BCUT2D eigenvalue weighted by Crippen LogP contribution is -2.61. The van der Waals surface area contributed by atoms with E-state index in [2.05, 4.69) is 0 Å². The Morgan fingerprint density at radius 2 is 1.45 bits per heavy atom. The van der Waals surface area contributed by atoms with Crippen LogP contribution in [0.3, 0.4) is 0 Å². The summed E-state index contributed by atoms with van der Waals surface area (Å²) in [7, 11) is 3.13. The number of allylic oxidation sites excluding steroid dienone is 6. The van der Waals surface area contributed by atoms with E-state index in [1.165, 1.54) is 11.8 Å². The maximum atomic E-state index is 14.8. The summed E-state index contributed by atoms with van der Waals surface area (Å²) < 4.78 is 49.8. The van der Waals surface area contributed by atoms with E-state index in [-0.39, 0.29) is 62.2 Å². The number of methoxy groups -OCH3 is 2. The van der Waals surface area contributed by atoms with E-state index >= 15 is 0 Å². The fourth-order valence-electron chi connectivity index (χ4n) is 13.6. The number of hydrogen-bond acceptors (Lipinski definition) is 17. The molecule has 5 aliphatic rings. The average molecular weight is 1240 g/mol. The monoisotopic (exact) mass is 1240 g/mol. The number of nitrogens with zero attached hydrogens (tertiary/aromatic N) is 1. The summed E-state index contributed by atoms with van der Waals surface area (Å²) in [5.74, 6) is -12.4. The van der Waals surface area contributed by atoms with Gasteiger partial charge in [-0.2, -0.15) is 0 Å². The number of cyclic esters (lactones) is 1. The summed E-state index contributed by atoms with van der Waals surface area (Å²) in [5.41, 5.74) is 1.51. The Balaban J connectivity index is 1.13. The van der Waals surface area contributed by atoms with Crippen LogP contribution in [0.1, 0.15) is 150 Å². The first-order valence-electron chi connectivity index (χ1n) is 32.0. The summed E-state index contributed by atoms with van der Waals surface area (Å²) in [5, 5.41) is 22.9. The van der Waals surface area contributed by atoms with Crippen molar-refractivity contribution in [3.05, 3.63) is 119 Å². The summed E-state index contributed by atoms with van der Waals surface area (Å²) in [6.07, 6.45) is 11.0. The predicted octanol–water partition coefficient (Wildman–Crippen LogP) is 9.85. The third kappa shape index (κ3) is 17.3. The zero-order chi connectivity index (χ0) is 64.8. The van der Waals surface area contributed by atoms with Crippen LogP contribution in [0.4, 0.5) is 0 Å². The minimum atomic E-state index is -2.49. The lowest BCUT2D eigenvalue weighted by Gasteiger charge is -2.45. The standard InChI is InChI=1S/C71H97NO17/c1-44-23-15-12-16-24-45(2)60(82-10)39-55-32-30-50(7)70(81,89-55)65(77)66(78)72-34-22-21-29-57(72)67(79)87-61(40-58(75)46(3)36-49(6)64(86-51(8)74)56(41-73)63(76)48(5)35-44)47(4)37-52-31-33-59(62(38-52)83-11)88-68(80)69(9)42-84-71(85-43-69,53-25-17-13-18-26-53)54-27-19-14-20-28-54/h12-20,23-28,36,44,47-50,52,55-57,59-62,64,73,81H,21-22,29-35,37-43H2,1-11H3/b16-12?,23-15?,45-24?,46-36+/t44-,47-,48-,49?,50-,52+,55+,56+,57+,59-,60+,61+,62-,64-,70-/m1/s1. The number of amides is 1. The molecule has 0 aromatic heterocycles. The van der Waals surface area contributed by atoms with Crippen molar-refractivity contribution in [2.24, 2.45) is 46.8 Å². The lowest BCUT2D eigenvalue weighted by atomic mass is 9.78. The van der Waals surface area contributed by atoms with Crippen molar-refractivity contribution >= 4 is 41.2 Å². The first-order valence-corrected chi connectivity index (χ1v) is 32.0. The molecule has 2 aromatic rings. The van der Waals surface area contributed by atoms with Crippen molar-refractivity contribution in [2.45, 2.75) is 194 Å². The SMILES string of the molecule is CO[C@H]1C[C@@H]2CC[C@@H](C)[C@@](O)(O2)C(=O)C(=O)N2CCCC[C@H]2C(=O)O[C@H]([C@H](C)C[C@@H]2CC[C@@H](OC(=O)C3(C)COC(c4ccccc4)(c4ccccc4)OC3)[C@H](OC)C2)CC(=O)/C(C)=C/C(C)[C@@H](OC(C)=O)[C@@H](CO)C(=O)[C@H](C)C[C@H](C)C=CC=CC=C1C. The lowest BCUT2D eigenvalue weighted by molar-refractivity contribution is -0.288. The van der Waals surface area contributed by atoms with Crippen molar-refractivity contribution in [1.82, 2.24) is 4.90 Å². The van der Waals surface area contributed by atoms with Gasteiger partial charge in [0, 0.05) is 69.4 Å². The predicted molar refractivity (Wildman–Crippen MR) is 332 cm³/mol. The maximum Gasteiger partial charge on any atom is 0.329 e. The Labute approximate surface area is 526 Å². The molecule has 3 saturated heterocycles. The van der Waals surface area contributed by atoms with Crippen molar-refractivity contribution < 1.29 is 81.7 Å². The molecule has 89 heavy (non-hydrogen) atoms. The van der Waals surface area contributed by atoms with E-state index in [0.717, 1.165) is 16.7 Å². The first-order chi connectivity index (χ1) is 42.4. The number of aliphatic hydroxyl groups is 2. The zero-order valence-corrected chi connectivity index (χ0v) is 54.1. The molecule has 4 aliphatic heterocycles. The van der Waals surface area contributed by atoms with E-state index in [1.807, 2.05) is 112 Å². The highest BCUT2D eigenvalue weighted by atomic mass is 16.7. The molecule has 4 fully saturated rings. The normalized spacial score (nSPS) is 33.4. The van der Waals surface area contributed by atoms with Gasteiger partial charge in [-0.15, -0.1) is 0 Å². The fraction of sp³-hybridized carbons (Fsp3) is 0.620. The Morgan fingerprint density at radius 3 is 2.07 bits per heavy atom. The van der Waals surface area contributed by atoms with Gasteiger partial charge in [0.25, 0.3) is 11.7 Å². The van der Waals surface area contributed by atoms with Gasteiger partial charge in [0.1, 0.15) is 35.6 Å². The number of piperidine rings is 1. The number of esters is 3. The molecule has 2 bridgehead atoms. The van der Waals surface area contributed by atoms with Gasteiger partial charge in [0.15, 0.2) is 5.78 Å². The summed E-state index contributed by atoms with van der Waals surface area (Å²) in [6, 6.07) is 18.0. The highest BCUT2D eigenvalue weighted by Crippen LogP contribution is 2.44. The van der Waals surface area contributed by atoms with E-state index in [4.69, 9.17) is 37.9 Å². The van der Waals surface area contributed by atoms with E-state index < -0.39 is 131 Å². The number of carbonyl (C=O) groups is 7. The van der Waals surface area contributed by atoms with Gasteiger partial charge < -0.3 is 53.0 Å². The van der Waals surface area contributed by atoms with Gasteiger partial charge in [-0.05, 0) is 114 Å². The number of rotatable bonds is 11. The maximum absolute atomic E-state index is 14.8. The molecule has 15 atom stereocenters. The van der Waals surface area contributed by atoms with Crippen LogP contribution in [0, 0.1) is 46.8 Å². The second kappa shape index (κ2) is 31.8. The van der Waals surface area contributed by atoms with Crippen LogP contribution < -0.4 is 0 Å². The molecule has 0 radical (unpaired) electrons. The number of carbonyl (C=O) groups excluding carboxylic acids is 7. The van der Waals surface area contributed by atoms with Crippen LogP contribution in [0.5, 0.6) is 0 Å². The minimum Gasteiger partial charge on any atom is -0.461 e. The number of Topliss-reactive ketones (excluding diaryl/α,β-unsaturated/α-hetero) is 3. The topological polar surface area (TPSA) is 237 Å². The highest BCUT2D eigenvalue weighted by molar-refractivity contribution is 6.39. The first kappa shape index (κ1) is 70.5. The molecule has 2 aromatic carbocycles. The van der Waals surface area contributed by atoms with E-state index in [9.17, 15) is 43.8 Å². The van der Waals surface area contributed by atoms with E-state index in [0.29, 0.717) is 57.8 Å². The van der Waals surface area contributed by atoms with E-state index in [1.54, 1.807) is 54.9 Å². The molecule has 488 valence electrons. The molecule has 18 nitrogen and oxygen atoms in total. The van der Waals surface area contributed by atoms with Gasteiger partial charge in [0.2, 0.25) is 11.6 Å². The fourth-order valence-corrected chi connectivity index (χ4v) is 13.6. The third-order valence-corrected chi connectivity index (χ3v) is 19.1. The van der Waals surface area contributed by atoms with Crippen LogP contribution in [-0.2, 0) is 77.2 Å². The number of ether oxygens (including phenoxy) is 8. The molecular weight excluding hydrogens is 1140 g/mol. The number of fused-ring (bicyclic) bond motifs is 3. The van der Waals surface area contributed by atoms with Crippen LogP contribution >= 0.6 is 0 Å². The molecule has 1 saturated carbocycles. The molecule has 1 aliphatic carbocycles. The Bertz CT molecular complexity index is 2830. The highest BCUT2D eigenvalue weighted by Gasteiger charge is 2.54. The molecule has 4 heterocycles. The van der Waals surface area contributed by atoms with Gasteiger partial charge in [-0.25, -0.2) is 4.79 Å². The second-order valence-corrected chi connectivity index (χ2v) is 26.2. The number of hydrogen-bond donors (Lipinski definition) is 2. The summed E-state index contributed by atoms with van der Waals surface area (Å²) >= 11 is 0. The molecule has 18 heteroatoms. The Kier molecular flexibility index (Phi) is 25.2. The van der Waals surface area contributed by atoms with Gasteiger partial charge in [-0.3, -0.25) is 28.8 Å². The van der Waals surface area contributed by atoms with Crippen molar-refractivity contribution in [3.8, 4) is 0 Å². The summed E-state index contributed by atoms with van der Waals surface area (Å²) in [6.45, 7) is 14.9. The smallest absolute Gasteiger partial charge is 0.329 e. The minimum absolute atomic E-state index is 0.0182. The summed E-state index contributed by atoms with van der Waals surface area (Å²) in [4.78, 5) is 101. The van der Waals surface area contributed by atoms with Gasteiger partial charge in [0.05, 0.1) is 44.1 Å². The largest absolute Gasteiger partial charge is 0.461 e. The number of benzene rings is 2. The molecule has 0 spiro atoms. The van der Waals surface area contributed by atoms with Crippen LogP contribution in [0.2, 0.25) is 0 Å². The molecule has 2 N–H and O–H groups in total. The van der Waals surface area contributed by atoms with Crippen molar-refractivity contribution in [2.75, 3.05) is 40.6 Å². The molecular formula is C71H97NO17. The molecule has 7 rings (SSSR count). The second-order valence-electron chi connectivity index (χ2n) is 26.2.